The number of carbonyl (C=O) groups is 2. The second kappa shape index (κ2) is 7.67. The van der Waals surface area contributed by atoms with E-state index in [0.29, 0.717) is 0 Å². The van der Waals surface area contributed by atoms with Crippen molar-refractivity contribution in [2.45, 2.75) is 57.0 Å². The van der Waals surface area contributed by atoms with E-state index in [9.17, 15) is 9.59 Å². The van der Waals surface area contributed by atoms with Crippen LogP contribution in [0.15, 0.2) is 60.2 Å². The molecule has 1 amide bonds. The van der Waals surface area contributed by atoms with Crippen molar-refractivity contribution in [2.24, 2.45) is 11.8 Å². The van der Waals surface area contributed by atoms with Crippen LogP contribution in [0.2, 0.25) is 0 Å². The molecule has 1 N–H and O–H groups in total. The van der Waals surface area contributed by atoms with Crippen LogP contribution < -0.4 is 10.1 Å². The van der Waals surface area contributed by atoms with Crippen LogP contribution in [0.5, 0.6) is 5.75 Å². The molecular weight excluding hydrogens is 386 g/mol. The molecule has 0 aromatic heterocycles. The maximum atomic E-state index is 14.0. The van der Waals surface area contributed by atoms with Crippen LogP contribution in [0.3, 0.4) is 0 Å². The van der Waals surface area contributed by atoms with E-state index in [0.717, 1.165) is 60.1 Å². The lowest BCUT2D eigenvalue weighted by atomic mass is 9.50. The molecule has 4 heteroatoms. The Morgan fingerprint density at radius 2 is 1.77 bits per heavy atom. The number of para-hydroxylation sites is 2. The number of carbonyl (C=O) groups excluding carboxylic acids is 2. The number of benzene rings is 2. The minimum Gasteiger partial charge on any atom is -0.490 e. The van der Waals surface area contributed by atoms with Gasteiger partial charge in [-0.15, -0.1) is 0 Å². The molecule has 5 rings (SSSR count). The van der Waals surface area contributed by atoms with Crippen molar-refractivity contribution in [1.82, 2.24) is 0 Å². The van der Waals surface area contributed by atoms with Gasteiger partial charge < -0.3 is 10.1 Å². The topological polar surface area (TPSA) is 55.4 Å². The van der Waals surface area contributed by atoms with Gasteiger partial charge in [-0.05, 0) is 41.7 Å². The molecule has 31 heavy (non-hydrogen) atoms. The van der Waals surface area contributed by atoms with Crippen molar-refractivity contribution in [3.05, 3.63) is 71.3 Å². The number of aldehydes is 1. The fourth-order valence-electron chi connectivity index (χ4n) is 6.37. The van der Waals surface area contributed by atoms with Gasteiger partial charge in [0, 0.05) is 23.4 Å². The molecule has 0 saturated heterocycles. The SMILES string of the molecule is CCC[C@@H]1C(C=O)=C[C@H]2[C@@H](c3ccccc3O[C@@H]2CCC)[C@@]12C(=O)Nc1ccccc12. The summed E-state index contributed by atoms with van der Waals surface area (Å²) in [7, 11) is 0. The minimum atomic E-state index is -0.811. The van der Waals surface area contributed by atoms with E-state index in [1.165, 1.54) is 0 Å². The van der Waals surface area contributed by atoms with E-state index in [-0.39, 0.29) is 29.8 Å². The van der Waals surface area contributed by atoms with Crippen molar-refractivity contribution in [2.75, 3.05) is 5.32 Å². The summed E-state index contributed by atoms with van der Waals surface area (Å²) in [5.41, 5.74) is 2.91. The summed E-state index contributed by atoms with van der Waals surface area (Å²) in [6.07, 6.45) is 6.62. The molecule has 2 aromatic rings. The Morgan fingerprint density at radius 1 is 1.03 bits per heavy atom. The summed E-state index contributed by atoms with van der Waals surface area (Å²) in [6, 6.07) is 16.2. The molecule has 0 radical (unpaired) electrons. The smallest absolute Gasteiger partial charge is 0.236 e. The van der Waals surface area contributed by atoms with E-state index in [2.05, 4.69) is 37.4 Å². The summed E-state index contributed by atoms with van der Waals surface area (Å²) >= 11 is 0. The maximum Gasteiger partial charge on any atom is 0.236 e. The monoisotopic (exact) mass is 415 g/mol. The Bertz CT molecular complexity index is 1060. The van der Waals surface area contributed by atoms with Gasteiger partial charge >= 0.3 is 0 Å². The van der Waals surface area contributed by atoms with Gasteiger partial charge in [0.1, 0.15) is 18.1 Å². The normalized spacial score (nSPS) is 30.5. The van der Waals surface area contributed by atoms with Gasteiger partial charge in [0.15, 0.2) is 0 Å². The fraction of sp³-hybridized carbons (Fsp3) is 0.407. The first-order chi connectivity index (χ1) is 15.2. The zero-order chi connectivity index (χ0) is 21.6. The molecular formula is C27H29NO3. The van der Waals surface area contributed by atoms with Gasteiger partial charge in [-0.1, -0.05) is 69.2 Å². The van der Waals surface area contributed by atoms with Crippen LogP contribution >= 0.6 is 0 Å². The highest BCUT2D eigenvalue weighted by molar-refractivity contribution is 6.08. The van der Waals surface area contributed by atoms with Crippen molar-refractivity contribution < 1.29 is 14.3 Å². The maximum absolute atomic E-state index is 14.0. The molecule has 2 heterocycles. The van der Waals surface area contributed by atoms with Gasteiger partial charge in [-0.3, -0.25) is 9.59 Å². The second-order valence-electron chi connectivity index (χ2n) is 9.03. The molecule has 0 fully saturated rings. The van der Waals surface area contributed by atoms with E-state index >= 15 is 0 Å². The molecule has 1 aliphatic carbocycles. The predicted molar refractivity (Wildman–Crippen MR) is 121 cm³/mol. The van der Waals surface area contributed by atoms with Crippen LogP contribution in [0, 0.1) is 11.8 Å². The van der Waals surface area contributed by atoms with Crippen LogP contribution in [0.25, 0.3) is 0 Å². The van der Waals surface area contributed by atoms with Crippen molar-refractivity contribution in [3.8, 4) is 5.75 Å². The third-order valence-electron chi connectivity index (χ3n) is 7.46. The number of hydrogen-bond acceptors (Lipinski definition) is 3. The Kier molecular flexibility index (Phi) is 4.96. The molecule has 2 aromatic carbocycles. The molecule has 0 saturated carbocycles. The highest BCUT2D eigenvalue weighted by Gasteiger charge is 2.63. The Hall–Kier alpha value is -2.88. The van der Waals surface area contributed by atoms with E-state index in [1.54, 1.807) is 0 Å². The average Bonchev–Trinajstić information content (AvgIpc) is 3.08. The summed E-state index contributed by atoms with van der Waals surface area (Å²) in [4.78, 5) is 26.3. The number of allylic oxidation sites excluding steroid dienone is 1. The van der Waals surface area contributed by atoms with E-state index in [4.69, 9.17) is 4.74 Å². The van der Waals surface area contributed by atoms with Crippen LogP contribution in [-0.4, -0.2) is 18.3 Å². The standard InChI is InChI=1S/C27H29NO3/c1-3-9-20-17(16-29)15-19-23(10-4-2)31-24-14-8-5-11-18(24)25(19)27(20)21-12-6-7-13-22(21)28-26(27)30/h5-8,11-16,19-20,23,25H,3-4,9-10H2,1-2H3,(H,28,30)/t19-,20-,23-,25-,27-/m1/s1. The molecule has 1 spiro atoms. The van der Waals surface area contributed by atoms with Crippen molar-refractivity contribution in [3.63, 3.8) is 0 Å². The number of amides is 1. The highest BCUT2D eigenvalue weighted by Crippen LogP contribution is 2.63. The lowest BCUT2D eigenvalue weighted by Gasteiger charge is -2.52. The van der Waals surface area contributed by atoms with Crippen molar-refractivity contribution in [1.29, 1.82) is 0 Å². The number of rotatable bonds is 5. The molecule has 160 valence electrons. The summed E-state index contributed by atoms with van der Waals surface area (Å²) in [6.45, 7) is 4.28. The second-order valence-corrected chi connectivity index (χ2v) is 9.03. The molecule has 0 bridgehead atoms. The van der Waals surface area contributed by atoms with Gasteiger partial charge in [0.25, 0.3) is 0 Å². The van der Waals surface area contributed by atoms with Gasteiger partial charge in [-0.2, -0.15) is 0 Å². The first-order valence-electron chi connectivity index (χ1n) is 11.5. The van der Waals surface area contributed by atoms with Gasteiger partial charge in [0.2, 0.25) is 5.91 Å². The first-order valence-corrected chi connectivity index (χ1v) is 11.5. The van der Waals surface area contributed by atoms with E-state index in [1.807, 2.05) is 36.4 Å². The van der Waals surface area contributed by atoms with Gasteiger partial charge in [-0.25, -0.2) is 0 Å². The average molecular weight is 416 g/mol. The number of hydrogen-bond donors (Lipinski definition) is 1. The highest BCUT2D eigenvalue weighted by atomic mass is 16.5. The van der Waals surface area contributed by atoms with Crippen LogP contribution in [0.4, 0.5) is 5.69 Å². The predicted octanol–water partition coefficient (Wildman–Crippen LogP) is 5.39. The molecule has 0 unspecified atom stereocenters. The third-order valence-corrected chi connectivity index (χ3v) is 7.46. The zero-order valence-electron chi connectivity index (χ0n) is 18.1. The minimum absolute atomic E-state index is 0.0153. The van der Waals surface area contributed by atoms with E-state index < -0.39 is 5.41 Å². The summed E-state index contributed by atoms with van der Waals surface area (Å²) in [5.74, 6) is 0.629. The van der Waals surface area contributed by atoms with Crippen LogP contribution in [-0.2, 0) is 15.0 Å². The first kappa shape index (κ1) is 20.0. The number of ether oxygens (including phenoxy) is 1. The Balaban J connectivity index is 1.84. The molecule has 5 atom stereocenters. The zero-order valence-corrected chi connectivity index (χ0v) is 18.1. The Labute approximate surface area is 183 Å². The van der Waals surface area contributed by atoms with Crippen molar-refractivity contribution >= 4 is 17.9 Å². The number of fused-ring (bicyclic) bond motifs is 6. The largest absolute Gasteiger partial charge is 0.490 e. The van der Waals surface area contributed by atoms with Crippen LogP contribution in [0.1, 0.15) is 56.6 Å². The van der Waals surface area contributed by atoms with Gasteiger partial charge in [0.05, 0.1) is 5.41 Å². The molecule has 4 nitrogen and oxygen atoms in total. The number of nitrogens with one attached hydrogen (secondary N) is 1. The molecule has 3 aliphatic rings. The number of anilines is 1. The summed E-state index contributed by atoms with van der Waals surface area (Å²) < 4.78 is 6.46. The summed E-state index contributed by atoms with van der Waals surface area (Å²) in [5, 5.41) is 3.18. The fourth-order valence-corrected chi connectivity index (χ4v) is 6.37. The quantitative estimate of drug-likeness (QED) is 0.666. The Morgan fingerprint density at radius 3 is 2.55 bits per heavy atom. The lowest BCUT2D eigenvalue weighted by Crippen LogP contribution is -2.56. The third kappa shape index (κ3) is 2.73. The lowest BCUT2D eigenvalue weighted by molar-refractivity contribution is -0.125. The molecule has 2 aliphatic heterocycles.